The van der Waals surface area contributed by atoms with Gasteiger partial charge in [0, 0.05) is 25.2 Å². The summed E-state index contributed by atoms with van der Waals surface area (Å²) in [5.41, 5.74) is 3.18. The van der Waals surface area contributed by atoms with E-state index in [1.165, 1.54) is 0 Å². The summed E-state index contributed by atoms with van der Waals surface area (Å²) in [5.74, 6) is 6.52. The summed E-state index contributed by atoms with van der Waals surface area (Å²) < 4.78 is 0. The quantitative estimate of drug-likeness (QED) is 0.655. The van der Waals surface area contributed by atoms with E-state index in [0.29, 0.717) is 17.3 Å². The Morgan fingerprint density at radius 2 is 2.05 bits per heavy atom. The van der Waals surface area contributed by atoms with Crippen LogP contribution in [0.2, 0.25) is 0 Å². The van der Waals surface area contributed by atoms with Crippen molar-refractivity contribution in [2.24, 2.45) is 11.8 Å². The van der Waals surface area contributed by atoms with E-state index in [4.69, 9.17) is 5.84 Å². The number of rotatable bonds is 5. The molecular weight excluding hydrogens is 264 g/mol. The normalized spacial score (nSPS) is 12.2. The number of pyridine rings is 1. The first-order valence-corrected chi connectivity index (χ1v) is 7.18. The molecule has 0 spiro atoms. The zero-order valence-electron chi connectivity index (χ0n) is 12.8. The van der Waals surface area contributed by atoms with Gasteiger partial charge in [-0.15, -0.1) is 0 Å². The first-order valence-electron chi connectivity index (χ1n) is 7.18. The first kappa shape index (κ1) is 15.3. The highest BCUT2D eigenvalue weighted by Gasteiger charge is 2.18. The monoisotopic (exact) mass is 286 g/mol. The third-order valence-corrected chi connectivity index (χ3v) is 3.79. The minimum atomic E-state index is -0.0115. The van der Waals surface area contributed by atoms with E-state index in [-0.39, 0.29) is 5.91 Å². The fraction of sp³-hybridized carbons (Fsp3) is 0.375. The molecular formula is C16H22N4O. The molecule has 0 saturated carbocycles. The number of carbonyl (C=O) groups excluding carboxylic acids is 1. The Kier molecular flexibility index (Phi) is 4.75. The van der Waals surface area contributed by atoms with Gasteiger partial charge in [0.15, 0.2) is 0 Å². The fourth-order valence-corrected chi connectivity index (χ4v) is 2.36. The van der Waals surface area contributed by atoms with E-state index >= 15 is 0 Å². The van der Waals surface area contributed by atoms with Crippen molar-refractivity contribution in [3.05, 3.63) is 36.0 Å². The summed E-state index contributed by atoms with van der Waals surface area (Å²) in [4.78, 5) is 18.6. The van der Waals surface area contributed by atoms with E-state index in [1.54, 1.807) is 11.1 Å². The van der Waals surface area contributed by atoms with Gasteiger partial charge >= 0.3 is 0 Å². The van der Waals surface area contributed by atoms with Gasteiger partial charge < -0.3 is 10.3 Å². The lowest BCUT2D eigenvalue weighted by molar-refractivity contribution is 0.0776. The van der Waals surface area contributed by atoms with Gasteiger partial charge in [-0.2, -0.15) is 0 Å². The summed E-state index contributed by atoms with van der Waals surface area (Å²) in [6, 6.07) is 7.64. The standard InChI is InChI=1S/C16H22N4O/c1-4-11(2)10-20(3)16(21)14-9-18-15(19-17)13-8-6-5-7-12(13)14/h5-9,11H,4,10,17H2,1-3H3,(H,18,19). The van der Waals surface area contributed by atoms with Gasteiger partial charge in [0.25, 0.3) is 5.91 Å². The highest BCUT2D eigenvalue weighted by atomic mass is 16.2. The molecule has 0 fully saturated rings. The van der Waals surface area contributed by atoms with Crippen LogP contribution in [-0.2, 0) is 0 Å². The molecule has 5 heteroatoms. The third kappa shape index (κ3) is 3.13. The largest absolute Gasteiger partial charge is 0.341 e. The zero-order valence-corrected chi connectivity index (χ0v) is 12.8. The van der Waals surface area contributed by atoms with Gasteiger partial charge in [-0.1, -0.05) is 44.5 Å². The predicted molar refractivity (Wildman–Crippen MR) is 86.0 cm³/mol. The Bertz CT molecular complexity index is 641. The van der Waals surface area contributed by atoms with Crippen molar-refractivity contribution < 1.29 is 4.79 Å². The van der Waals surface area contributed by atoms with Crippen LogP contribution in [0.5, 0.6) is 0 Å². The predicted octanol–water partition coefficient (Wildman–Crippen LogP) is 2.64. The van der Waals surface area contributed by atoms with Crippen molar-refractivity contribution in [2.75, 3.05) is 19.0 Å². The SMILES string of the molecule is CCC(C)CN(C)C(=O)c1cnc(NN)c2ccccc12. The number of aromatic nitrogens is 1. The van der Waals surface area contributed by atoms with Crippen LogP contribution in [-0.4, -0.2) is 29.4 Å². The second-order valence-corrected chi connectivity index (χ2v) is 5.41. The molecule has 21 heavy (non-hydrogen) atoms. The molecule has 2 rings (SSSR count). The van der Waals surface area contributed by atoms with Crippen molar-refractivity contribution >= 4 is 22.5 Å². The van der Waals surface area contributed by atoms with Gasteiger partial charge in [-0.05, 0) is 11.3 Å². The third-order valence-electron chi connectivity index (χ3n) is 3.79. The van der Waals surface area contributed by atoms with E-state index in [0.717, 1.165) is 23.7 Å². The van der Waals surface area contributed by atoms with E-state index in [9.17, 15) is 4.79 Å². The summed E-state index contributed by atoms with van der Waals surface area (Å²) in [6.45, 7) is 5.00. The van der Waals surface area contributed by atoms with Crippen LogP contribution in [0.1, 0.15) is 30.6 Å². The van der Waals surface area contributed by atoms with Crippen LogP contribution in [0.25, 0.3) is 10.8 Å². The number of amides is 1. The Hall–Kier alpha value is -2.14. The number of hydrazine groups is 1. The molecule has 1 amide bonds. The molecule has 0 aliphatic rings. The lowest BCUT2D eigenvalue weighted by Crippen LogP contribution is -2.31. The topological polar surface area (TPSA) is 71.2 Å². The van der Waals surface area contributed by atoms with Crippen molar-refractivity contribution in [3.8, 4) is 0 Å². The van der Waals surface area contributed by atoms with Crippen LogP contribution in [0.4, 0.5) is 5.82 Å². The van der Waals surface area contributed by atoms with Crippen LogP contribution in [0.3, 0.4) is 0 Å². The summed E-state index contributed by atoms with van der Waals surface area (Å²) >= 11 is 0. The van der Waals surface area contributed by atoms with Gasteiger partial charge in [0.05, 0.1) is 5.56 Å². The summed E-state index contributed by atoms with van der Waals surface area (Å²) in [5, 5.41) is 1.71. The minimum absolute atomic E-state index is 0.0115. The van der Waals surface area contributed by atoms with Gasteiger partial charge in [-0.25, -0.2) is 10.8 Å². The fourth-order valence-electron chi connectivity index (χ4n) is 2.36. The number of hydrogen-bond acceptors (Lipinski definition) is 4. The lowest BCUT2D eigenvalue weighted by atomic mass is 10.0. The Morgan fingerprint density at radius 1 is 1.38 bits per heavy atom. The lowest BCUT2D eigenvalue weighted by Gasteiger charge is -2.21. The maximum atomic E-state index is 12.6. The number of benzene rings is 1. The molecule has 0 aliphatic carbocycles. The van der Waals surface area contributed by atoms with Crippen LogP contribution < -0.4 is 11.3 Å². The van der Waals surface area contributed by atoms with Crippen molar-refractivity contribution in [2.45, 2.75) is 20.3 Å². The molecule has 2 aromatic rings. The van der Waals surface area contributed by atoms with Gasteiger partial charge in [-0.3, -0.25) is 4.79 Å². The maximum absolute atomic E-state index is 12.6. The average molecular weight is 286 g/mol. The van der Waals surface area contributed by atoms with Crippen LogP contribution in [0.15, 0.2) is 30.5 Å². The zero-order chi connectivity index (χ0) is 15.4. The number of fused-ring (bicyclic) bond motifs is 1. The number of nitrogens with one attached hydrogen (secondary N) is 1. The molecule has 5 nitrogen and oxygen atoms in total. The van der Waals surface area contributed by atoms with Crippen molar-refractivity contribution in [3.63, 3.8) is 0 Å². The molecule has 0 aliphatic heterocycles. The molecule has 1 aromatic heterocycles. The summed E-state index contributed by atoms with van der Waals surface area (Å²) in [6.07, 6.45) is 2.64. The average Bonchev–Trinajstić information content (AvgIpc) is 2.52. The molecule has 0 bridgehead atoms. The molecule has 112 valence electrons. The number of hydrogen-bond donors (Lipinski definition) is 2. The Morgan fingerprint density at radius 3 is 2.67 bits per heavy atom. The van der Waals surface area contributed by atoms with Crippen LogP contribution in [0, 0.1) is 5.92 Å². The number of carbonyl (C=O) groups is 1. The number of nitrogens with two attached hydrogens (primary N) is 1. The summed E-state index contributed by atoms with van der Waals surface area (Å²) in [7, 11) is 1.83. The van der Waals surface area contributed by atoms with Crippen LogP contribution >= 0.6 is 0 Å². The second kappa shape index (κ2) is 6.54. The minimum Gasteiger partial charge on any atom is -0.341 e. The first-order chi connectivity index (χ1) is 10.1. The number of nitrogens with zero attached hydrogens (tertiary/aromatic N) is 2. The van der Waals surface area contributed by atoms with Gasteiger partial charge in [0.1, 0.15) is 5.82 Å². The molecule has 1 atom stereocenters. The highest BCUT2D eigenvalue weighted by Crippen LogP contribution is 2.24. The van der Waals surface area contributed by atoms with Crippen molar-refractivity contribution in [1.82, 2.24) is 9.88 Å². The molecule has 1 heterocycles. The number of anilines is 1. The van der Waals surface area contributed by atoms with E-state index in [2.05, 4.69) is 24.3 Å². The number of nitrogen functional groups attached to an aromatic ring is 1. The molecule has 1 aromatic carbocycles. The van der Waals surface area contributed by atoms with E-state index < -0.39 is 0 Å². The second-order valence-electron chi connectivity index (χ2n) is 5.41. The van der Waals surface area contributed by atoms with E-state index in [1.807, 2.05) is 31.3 Å². The molecule has 0 saturated heterocycles. The maximum Gasteiger partial charge on any atom is 0.255 e. The molecule has 1 unspecified atom stereocenters. The molecule has 0 radical (unpaired) electrons. The Balaban J connectivity index is 2.40. The smallest absolute Gasteiger partial charge is 0.255 e. The Labute approximate surface area is 125 Å². The highest BCUT2D eigenvalue weighted by molar-refractivity contribution is 6.09. The van der Waals surface area contributed by atoms with Gasteiger partial charge in [0.2, 0.25) is 0 Å². The molecule has 3 N–H and O–H groups in total. The van der Waals surface area contributed by atoms with Crippen molar-refractivity contribution in [1.29, 1.82) is 0 Å².